The maximum atomic E-state index is 12.9. The quantitative estimate of drug-likeness (QED) is 0.785. The predicted molar refractivity (Wildman–Crippen MR) is 97.6 cm³/mol. The van der Waals surface area contributed by atoms with E-state index >= 15 is 0 Å². The van der Waals surface area contributed by atoms with Crippen LogP contribution in [0.2, 0.25) is 0 Å². The second-order valence-electron chi connectivity index (χ2n) is 6.69. The van der Waals surface area contributed by atoms with Crippen molar-refractivity contribution in [1.29, 1.82) is 0 Å². The van der Waals surface area contributed by atoms with Crippen LogP contribution in [-0.4, -0.2) is 48.6 Å². The highest BCUT2D eigenvalue weighted by molar-refractivity contribution is 5.88. The van der Waals surface area contributed by atoms with Crippen molar-refractivity contribution >= 4 is 5.91 Å². The minimum atomic E-state index is -0.492. The average molecular weight is 339 g/mol. The summed E-state index contributed by atoms with van der Waals surface area (Å²) in [5, 5.41) is 3.09. The monoisotopic (exact) mass is 339 g/mol. The zero-order valence-corrected chi connectivity index (χ0v) is 14.9. The molecule has 132 valence electrons. The number of carbonyl (C=O) groups is 1. The van der Waals surface area contributed by atoms with Gasteiger partial charge in [0.05, 0.1) is 12.8 Å². The van der Waals surface area contributed by atoms with Gasteiger partial charge in [-0.05, 0) is 43.8 Å². The lowest BCUT2D eigenvalue weighted by molar-refractivity contribution is -0.131. The fourth-order valence-corrected chi connectivity index (χ4v) is 3.34. The van der Waals surface area contributed by atoms with E-state index in [0.717, 1.165) is 25.0 Å². The van der Waals surface area contributed by atoms with Gasteiger partial charge in [0, 0.05) is 25.6 Å². The number of carbonyl (C=O) groups excluding carboxylic acids is 1. The largest absolute Gasteiger partial charge is 0.492 e. The lowest BCUT2D eigenvalue weighted by Gasteiger charge is -2.34. The zero-order chi connectivity index (χ0) is 17.7. The Kier molecular flexibility index (Phi) is 5.34. The molecule has 5 nitrogen and oxygen atoms in total. The summed E-state index contributed by atoms with van der Waals surface area (Å²) < 4.78 is 5.61. The third kappa shape index (κ3) is 3.82. The number of hydrogen-bond donors (Lipinski definition) is 1. The molecule has 0 saturated carbocycles. The summed E-state index contributed by atoms with van der Waals surface area (Å²) in [7, 11) is 3.97. The van der Waals surface area contributed by atoms with Gasteiger partial charge in [-0.15, -0.1) is 0 Å². The Morgan fingerprint density at radius 2 is 1.92 bits per heavy atom. The molecule has 0 aliphatic heterocycles. The summed E-state index contributed by atoms with van der Waals surface area (Å²) in [6.45, 7) is 1.16. The summed E-state index contributed by atoms with van der Waals surface area (Å²) in [4.78, 5) is 19.0. The molecule has 0 spiro atoms. The highest BCUT2D eigenvalue weighted by Gasteiger charge is 2.45. The van der Waals surface area contributed by atoms with Crippen molar-refractivity contribution in [2.24, 2.45) is 0 Å². The number of aromatic nitrogens is 1. The molecule has 1 aromatic carbocycles. The van der Waals surface area contributed by atoms with E-state index in [0.29, 0.717) is 13.2 Å². The summed E-state index contributed by atoms with van der Waals surface area (Å²) in [5.74, 6) is 0.847. The molecule has 1 aromatic heterocycles. The third-order valence-corrected chi connectivity index (χ3v) is 4.87. The number of rotatable bonds is 7. The first-order valence-corrected chi connectivity index (χ1v) is 8.67. The molecule has 2 aromatic rings. The van der Waals surface area contributed by atoms with Crippen molar-refractivity contribution in [3.05, 3.63) is 59.9 Å². The van der Waals surface area contributed by atoms with Crippen LogP contribution in [0.25, 0.3) is 0 Å². The first kappa shape index (κ1) is 17.4. The first-order chi connectivity index (χ1) is 12.1. The minimum Gasteiger partial charge on any atom is -0.492 e. The highest BCUT2D eigenvalue weighted by atomic mass is 16.5. The molecule has 1 amide bonds. The van der Waals surface area contributed by atoms with E-state index in [2.05, 4.69) is 27.3 Å². The SMILES string of the molecule is CN(C)C1(C(=O)NCCCOc2cccnc2)Cc2ccccc2C1. The van der Waals surface area contributed by atoms with Gasteiger partial charge in [0.2, 0.25) is 5.91 Å². The molecule has 0 bridgehead atoms. The number of fused-ring (bicyclic) bond motifs is 1. The Morgan fingerprint density at radius 1 is 1.20 bits per heavy atom. The molecule has 0 fully saturated rings. The zero-order valence-electron chi connectivity index (χ0n) is 14.9. The standard InChI is InChI=1S/C20H25N3O2/c1-23(2)20(13-16-7-3-4-8-17(16)14-20)19(24)22-11-6-12-25-18-9-5-10-21-15-18/h3-5,7-10,15H,6,11-14H2,1-2H3,(H,22,24). The molecule has 1 heterocycles. The van der Waals surface area contributed by atoms with Crippen molar-refractivity contribution in [2.75, 3.05) is 27.2 Å². The van der Waals surface area contributed by atoms with Crippen molar-refractivity contribution in [1.82, 2.24) is 15.2 Å². The van der Waals surface area contributed by atoms with Crippen molar-refractivity contribution < 1.29 is 9.53 Å². The summed E-state index contributed by atoms with van der Waals surface area (Å²) in [6, 6.07) is 12.0. The highest BCUT2D eigenvalue weighted by Crippen LogP contribution is 2.33. The lowest BCUT2D eigenvalue weighted by Crippen LogP contribution is -2.57. The summed E-state index contributed by atoms with van der Waals surface area (Å²) >= 11 is 0. The van der Waals surface area contributed by atoms with E-state index in [-0.39, 0.29) is 5.91 Å². The number of ether oxygens (including phenoxy) is 1. The summed E-state index contributed by atoms with van der Waals surface area (Å²) in [6.07, 6.45) is 5.68. The van der Waals surface area contributed by atoms with E-state index < -0.39 is 5.54 Å². The second kappa shape index (κ2) is 7.66. The van der Waals surface area contributed by atoms with Gasteiger partial charge in [0.25, 0.3) is 0 Å². The van der Waals surface area contributed by atoms with Gasteiger partial charge in [0.1, 0.15) is 11.3 Å². The number of benzene rings is 1. The third-order valence-electron chi connectivity index (χ3n) is 4.87. The van der Waals surface area contributed by atoms with E-state index in [9.17, 15) is 4.79 Å². The Morgan fingerprint density at radius 3 is 2.52 bits per heavy atom. The maximum absolute atomic E-state index is 12.9. The van der Waals surface area contributed by atoms with Gasteiger partial charge in [-0.1, -0.05) is 24.3 Å². The Balaban J connectivity index is 1.51. The molecular weight excluding hydrogens is 314 g/mol. The molecule has 0 radical (unpaired) electrons. The lowest BCUT2D eigenvalue weighted by atomic mass is 9.93. The number of nitrogens with zero attached hydrogens (tertiary/aromatic N) is 2. The first-order valence-electron chi connectivity index (χ1n) is 8.67. The van der Waals surface area contributed by atoms with Gasteiger partial charge in [-0.2, -0.15) is 0 Å². The fraction of sp³-hybridized carbons (Fsp3) is 0.400. The van der Waals surface area contributed by atoms with Crippen LogP contribution in [0.15, 0.2) is 48.8 Å². The van der Waals surface area contributed by atoms with Gasteiger partial charge < -0.3 is 10.1 Å². The van der Waals surface area contributed by atoms with Gasteiger partial charge in [-0.25, -0.2) is 0 Å². The molecular formula is C20H25N3O2. The van der Waals surface area contributed by atoms with Crippen molar-refractivity contribution in [3.8, 4) is 5.75 Å². The molecule has 1 N–H and O–H groups in total. The molecule has 0 atom stereocenters. The van der Waals surface area contributed by atoms with Crippen LogP contribution in [0, 0.1) is 0 Å². The van der Waals surface area contributed by atoms with Gasteiger partial charge in [0.15, 0.2) is 0 Å². The Hall–Kier alpha value is -2.40. The van der Waals surface area contributed by atoms with Crippen LogP contribution in [0.5, 0.6) is 5.75 Å². The molecule has 3 rings (SSSR count). The minimum absolute atomic E-state index is 0.0927. The number of amides is 1. The molecule has 5 heteroatoms. The van der Waals surface area contributed by atoms with Crippen LogP contribution in [0.1, 0.15) is 17.5 Å². The Labute approximate surface area is 149 Å². The van der Waals surface area contributed by atoms with Crippen molar-refractivity contribution in [2.45, 2.75) is 24.8 Å². The van der Waals surface area contributed by atoms with Crippen LogP contribution >= 0.6 is 0 Å². The van der Waals surface area contributed by atoms with Crippen molar-refractivity contribution in [3.63, 3.8) is 0 Å². The van der Waals surface area contributed by atoms with Gasteiger partial charge in [-0.3, -0.25) is 14.7 Å². The Bertz CT molecular complexity index is 691. The molecule has 1 aliphatic carbocycles. The van der Waals surface area contributed by atoms with Gasteiger partial charge >= 0.3 is 0 Å². The number of likely N-dealkylation sites (N-methyl/N-ethyl adjacent to an activating group) is 1. The predicted octanol–water partition coefficient (Wildman–Crippen LogP) is 2.07. The van der Waals surface area contributed by atoms with Crippen LogP contribution < -0.4 is 10.1 Å². The smallest absolute Gasteiger partial charge is 0.241 e. The van der Waals surface area contributed by atoms with Crippen LogP contribution in [0.3, 0.4) is 0 Å². The van der Waals surface area contributed by atoms with E-state index in [4.69, 9.17) is 4.74 Å². The van der Waals surface area contributed by atoms with Crippen LogP contribution in [-0.2, 0) is 17.6 Å². The topological polar surface area (TPSA) is 54.5 Å². The average Bonchev–Trinajstić information content (AvgIpc) is 3.03. The number of nitrogens with one attached hydrogen (secondary N) is 1. The van der Waals surface area contributed by atoms with E-state index in [1.165, 1.54) is 11.1 Å². The molecule has 25 heavy (non-hydrogen) atoms. The van der Waals surface area contributed by atoms with Crippen LogP contribution in [0.4, 0.5) is 0 Å². The molecule has 0 saturated heterocycles. The van der Waals surface area contributed by atoms with E-state index in [1.807, 2.05) is 38.4 Å². The maximum Gasteiger partial charge on any atom is 0.241 e. The molecule has 0 unspecified atom stereocenters. The normalized spacial score (nSPS) is 15.0. The molecule has 1 aliphatic rings. The summed E-state index contributed by atoms with van der Waals surface area (Å²) in [5.41, 5.74) is 2.05. The fourth-order valence-electron chi connectivity index (χ4n) is 3.34. The second-order valence-corrected chi connectivity index (χ2v) is 6.69. The van der Waals surface area contributed by atoms with E-state index in [1.54, 1.807) is 12.4 Å². The number of hydrogen-bond acceptors (Lipinski definition) is 4. The number of pyridine rings is 1.